The molecule has 0 bridgehead atoms. The van der Waals surface area contributed by atoms with Crippen molar-refractivity contribution in [2.24, 2.45) is 0 Å². The fourth-order valence-electron chi connectivity index (χ4n) is 1.40. The zero-order valence-corrected chi connectivity index (χ0v) is 12.0. The Morgan fingerprint density at radius 1 is 1.33 bits per heavy atom. The molecule has 0 aromatic heterocycles. The summed E-state index contributed by atoms with van der Waals surface area (Å²) in [6, 6.07) is 0. The predicted octanol–water partition coefficient (Wildman–Crippen LogP) is 0.502. The molecule has 0 saturated carbocycles. The van der Waals surface area contributed by atoms with Gasteiger partial charge >= 0.3 is 11.9 Å². The highest BCUT2D eigenvalue weighted by Crippen LogP contribution is 2.06. The highest BCUT2D eigenvalue weighted by molar-refractivity contribution is 5.95. The number of esters is 2. The number of ether oxygens (including phenoxy) is 2. The molecule has 0 spiro atoms. The zero-order valence-electron chi connectivity index (χ0n) is 12.0. The van der Waals surface area contributed by atoms with E-state index in [0.717, 1.165) is 12.2 Å². The summed E-state index contributed by atoms with van der Waals surface area (Å²) in [7, 11) is 0. The molecule has 0 unspecified atom stereocenters. The normalized spacial score (nSPS) is 14.5. The molecule has 2 N–H and O–H groups in total. The van der Waals surface area contributed by atoms with Crippen LogP contribution in [0, 0.1) is 0 Å². The molecule has 114 valence electrons. The highest BCUT2D eigenvalue weighted by atomic mass is 16.5. The van der Waals surface area contributed by atoms with Crippen molar-refractivity contribution in [3.63, 3.8) is 0 Å². The maximum Gasteiger partial charge on any atom is 0.331 e. The van der Waals surface area contributed by atoms with E-state index in [1.807, 2.05) is 0 Å². The Balaban J connectivity index is 2.31. The Morgan fingerprint density at radius 3 is 2.62 bits per heavy atom. The molecule has 0 aromatic carbocycles. The van der Waals surface area contributed by atoms with Gasteiger partial charge in [0, 0.05) is 30.3 Å². The van der Waals surface area contributed by atoms with Gasteiger partial charge in [0.1, 0.15) is 5.82 Å². The summed E-state index contributed by atoms with van der Waals surface area (Å²) in [5.41, 5.74) is 0.443. The lowest BCUT2D eigenvalue weighted by molar-refractivity contribution is -0.142. The lowest BCUT2D eigenvalue weighted by Gasteiger charge is -2.16. The van der Waals surface area contributed by atoms with E-state index in [1.54, 1.807) is 13.8 Å². The summed E-state index contributed by atoms with van der Waals surface area (Å²) in [5.74, 6) is -1.18. The molecule has 1 aliphatic rings. The largest absolute Gasteiger partial charge is 0.462 e. The molecule has 1 aliphatic heterocycles. The molecule has 7 heteroatoms. The number of carbonyl (C=O) groups is 3. The second-order valence-electron chi connectivity index (χ2n) is 4.48. The van der Waals surface area contributed by atoms with Crippen LogP contribution in [-0.2, 0) is 23.9 Å². The van der Waals surface area contributed by atoms with Crippen LogP contribution in [0.1, 0.15) is 20.3 Å². The molecule has 0 atom stereocenters. The fourth-order valence-corrected chi connectivity index (χ4v) is 1.40. The van der Waals surface area contributed by atoms with Crippen LogP contribution in [0.3, 0.4) is 0 Å². The van der Waals surface area contributed by atoms with Gasteiger partial charge < -0.3 is 20.1 Å². The Kier molecular flexibility index (Phi) is 6.19. The van der Waals surface area contributed by atoms with Crippen LogP contribution in [0.15, 0.2) is 36.3 Å². The first-order valence-corrected chi connectivity index (χ1v) is 6.39. The summed E-state index contributed by atoms with van der Waals surface area (Å²) in [4.78, 5) is 34.0. The molecule has 1 amide bonds. The minimum absolute atomic E-state index is 0.0236. The van der Waals surface area contributed by atoms with Crippen LogP contribution in [0.5, 0.6) is 0 Å². The first kappa shape index (κ1) is 16.5. The van der Waals surface area contributed by atoms with Gasteiger partial charge in [0.25, 0.3) is 5.91 Å². The van der Waals surface area contributed by atoms with Crippen LogP contribution in [0.25, 0.3) is 0 Å². The van der Waals surface area contributed by atoms with Gasteiger partial charge in [0.05, 0.1) is 12.7 Å². The predicted molar refractivity (Wildman–Crippen MR) is 74.4 cm³/mol. The van der Waals surface area contributed by atoms with Crippen LogP contribution >= 0.6 is 0 Å². The number of hydrogen-bond acceptors (Lipinski definition) is 6. The summed E-state index contributed by atoms with van der Waals surface area (Å²) >= 11 is 0. The Bertz CT molecular complexity index is 505. The van der Waals surface area contributed by atoms with Gasteiger partial charge in [-0.25, -0.2) is 9.59 Å². The van der Waals surface area contributed by atoms with Crippen LogP contribution in [0.2, 0.25) is 0 Å². The van der Waals surface area contributed by atoms with Crippen molar-refractivity contribution in [2.45, 2.75) is 26.4 Å². The van der Waals surface area contributed by atoms with Gasteiger partial charge in [-0.1, -0.05) is 6.58 Å². The van der Waals surface area contributed by atoms with E-state index >= 15 is 0 Å². The van der Waals surface area contributed by atoms with E-state index < -0.39 is 11.9 Å². The van der Waals surface area contributed by atoms with E-state index in [2.05, 4.69) is 17.2 Å². The van der Waals surface area contributed by atoms with E-state index in [9.17, 15) is 14.4 Å². The summed E-state index contributed by atoms with van der Waals surface area (Å²) in [6.07, 6.45) is 3.49. The molecule has 0 saturated heterocycles. The molecule has 1 heterocycles. The van der Waals surface area contributed by atoms with Crippen LogP contribution in [-0.4, -0.2) is 30.6 Å². The first-order chi connectivity index (χ1) is 9.88. The van der Waals surface area contributed by atoms with E-state index in [-0.39, 0.29) is 25.0 Å². The number of amides is 1. The average Bonchev–Trinajstić information content (AvgIpc) is 2.38. The summed E-state index contributed by atoms with van der Waals surface area (Å²) in [5, 5.41) is 5.25. The maximum atomic E-state index is 11.5. The number of rotatable bonds is 6. The zero-order chi connectivity index (χ0) is 15.8. The fraction of sp³-hybridized carbons (Fsp3) is 0.357. The van der Waals surface area contributed by atoms with Crippen molar-refractivity contribution in [3.8, 4) is 0 Å². The van der Waals surface area contributed by atoms with Crippen LogP contribution in [0.4, 0.5) is 0 Å². The Labute approximate surface area is 122 Å². The molecule has 0 aliphatic carbocycles. The SMILES string of the molecule is C=C1NC=C(CCOC(=O)/C=C/C(=O)OC(C)C)C(=O)N1. The van der Waals surface area contributed by atoms with Gasteiger partial charge in [-0.2, -0.15) is 0 Å². The molecule has 21 heavy (non-hydrogen) atoms. The molecule has 0 fully saturated rings. The minimum Gasteiger partial charge on any atom is -0.462 e. The van der Waals surface area contributed by atoms with Crippen molar-refractivity contribution in [1.29, 1.82) is 0 Å². The second kappa shape index (κ2) is 7.88. The minimum atomic E-state index is -0.676. The number of nitrogens with one attached hydrogen (secondary N) is 2. The van der Waals surface area contributed by atoms with Crippen molar-refractivity contribution in [3.05, 3.63) is 36.3 Å². The topological polar surface area (TPSA) is 93.7 Å². The van der Waals surface area contributed by atoms with E-state index in [4.69, 9.17) is 9.47 Å². The molecule has 0 aromatic rings. The van der Waals surface area contributed by atoms with Crippen molar-refractivity contribution in [2.75, 3.05) is 6.61 Å². The monoisotopic (exact) mass is 294 g/mol. The third kappa shape index (κ3) is 6.42. The third-order valence-electron chi connectivity index (χ3n) is 2.30. The van der Waals surface area contributed by atoms with Crippen molar-refractivity contribution < 1.29 is 23.9 Å². The number of hydrogen-bond donors (Lipinski definition) is 2. The quantitative estimate of drug-likeness (QED) is 0.547. The third-order valence-corrected chi connectivity index (χ3v) is 2.30. The molecule has 0 radical (unpaired) electrons. The second-order valence-corrected chi connectivity index (χ2v) is 4.48. The van der Waals surface area contributed by atoms with Gasteiger partial charge in [-0.05, 0) is 13.8 Å². The number of carbonyl (C=O) groups excluding carboxylic acids is 3. The van der Waals surface area contributed by atoms with Gasteiger partial charge in [0.15, 0.2) is 0 Å². The smallest absolute Gasteiger partial charge is 0.331 e. The van der Waals surface area contributed by atoms with Gasteiger partial charge in [0.2, 0.25) is 0 Å². The molecule has 7 nitrogen and oxygen atoms in total. The molecular formula is C14H18N2O5. The standard InChI is InChI=1S/C14H18N2O5/c1-9(2)21-13(18)5-4-12(17)20-7-6-11-8-15-10(3)16-14(11)19/h4-5,8-9,15H,3,6-7H2,1-2H3,(H,16,19)/b5-4+. The van der Waals surface area contributed by atoms with Crippen LogP contribution < -0.4 is 10.6 Å². The van der Waals surface area contributed by atoms with Crippen molar-refractivity contribution in [1.82, 2.24) is 10.6 Å². The van der Waals surface area contributed by atoms with Gasteiger partial charge in [-0.15, -0.1) is 0 Å². The molecule has 1 rings (SSSR count). The lowest BCUT2D eigenvalue weighted by Crippen LogP contribution is -2.35. The van der Waals surface area contributed by atoms with Gasteiger partial charge in [-0.3, -0.25) is 4.79 Å². The Morgan fingerprint density at radius 2 is 2.00 bits per heavy atom. The average molecular weight is 294 g/mol. The summed E-state index contributed by atoms with van der Waals surface area (Å²) < 4.78 is 9.68. The Hall–Kier alpha value is -2.57. The lowest BCUT2D eigenvalue weighted by atomic mass is 10.2. The van der Waals surface area contributed by atoms with E-state index in [0.29, 0.717) is 11.4 Å². The van der Waals surface area contributed by atoms with E-state index in [1.165, 1.54) is 6.20 Å². The van der Waals surface area contributed by atoms with Crippen molar-refractivity contribution >= 4 is 17.8 Å². The highest BCUT2D eigenvalue weighted by Gasteiger charge is 2.15. The first-order valence-electron chi connectivity index (χ1n) is 6.39. The molecular weight excluding hydrogens is 276 g/mol. The maximum absolute atomic E-state index is 11.5. The summed E-state index contributed by atoms with van der Waals surface area (Å²) in [6.45, 7) is 6.97.